The minimum Gasteiger partial charge on any atom is -0.481 e. The summed E-state index contributed by atoms with van der Waals surface area (Å²) in [5.74, 6) is -1.02. The zero-order valence-electron chi connectivity index (χ0n) is 24.2. The number of carboxylic acids is 1. The number of para-hydroxylation sites is 1. The molecular weight excluding hydrogens is 530 g/mol. The standard InChI is InChI=1S/C33H39N5O4/c1-33(2,32(41)42)19-37-18-27(34-20-37)28-24-16-17-38(29(24)22-12-6-8-14-25(22)35-28)31(40)23-13-7-9-15-26(23)36-30(39)21-10-4-3-5-11-21/h3-6,8,10-12,14,18,20,23-24,26,28-29,35H,7,9,13,15-17,19H2,1-2H3,(H,36,39)(H,41,42)/t23-,24?,26+,28?,29?/m0/s1. The van der Waals surface area contributed by atoms with Crippen molar-refractivity contribution >= 4 is 23.5 Å². The van der Waals surface area contributed by atoms with Crippen LogP contribution < -0.4 is 10.6 Å². The number of carbonyl (C=O) groups excluding carboxylic acids is 2. The number of amides is 2. The Hall–Kier alpha value is -4.14. The summed E-state index contributed by atoms with van der Waals surface area (Å²) in [5.41, 5.74) is 2.63. The lowest BCUT2D eigenvalue weighted by atomic mass is 9.80. The Labute approximate surface area is 246 Å². The zero-order valence-corrected chi connectivity index (χ0v) is 24.2. The lowest BCUT2D eigenvalue weighted by molar-refractivity contribution is -0.147. The summed E-state index contributed by atoms with van der Waals surface area (Å²) in [6.45, 7) is 4.38. The van der Waals surface area contributed by atoms with Crippen LogP contribution >= 0.6 is 0 Å². The Balaban J connectivity index is 1.25. The Bertz CT molecular complexity index is 1470. The molecule has 5 atom stereocenters. The van der Waals surface area contributed by atoms with Crippen molar-refractivity contribution in [2.45, 2.75) is 70.6 Å². The maximum absolute atomic E-state index is 14.3. The predicted molar refractivity (Wildman–Crippen MR) is 159 cm³/mol. The zero-order chi connectivity index (χ0) is 29.4. The van der Waals surface area contributed by atoms with Crippen LogP contribution in [-0.4, -0.2) is 49.9 Å². The first-order chi connectivity index (χ1) is 20.2. The third-order valence-corrected chi connectivity index (χ3v) is 9.31. The predicted octanol–water partition coefficient (Wildman–Crippen LogP) is 5.04. The first kappa shape index (κ1) is 28.0. The molecule has 0 bridgehead atoms. The SMILES string of the molecule is CC(C)(Cn1cnc(C2Nc3ccccc3C3C2CCN3C(=O)[C@H]2CCCC[C@H]2NC(=O)c2ccccc2)c1)C(=O)O. The third-order valence-electron chi connectivity index (χ3n) is 9.31. The van der Waals surface area contributed by atoms with Gasteiger partial charge in [-0.3, -0.25) is 14.4 Å². The van der Waals surface area contributed by atoms with Gasteiger partial charge in [0, 0.05) is 42.5 Å². The van der Waals surface area contributed by atoms with Gasteiger partial charge in [-0.2, -0.15) is 0 Å². The van der Waals surface area contributed by atoms with Crippen molar-refractivity contribution < 1.29 is 19.5 Å². The van der Waals surface area contributed by atoms with Crippen LogP contribution in [0.5, 0.6) is 0 Å². The molecule has 3 aliphatic rings. The molecule has 2 fully saturated rings. The summed E-state index contributed by atoms with van der Waals surface area (Å²) in [7, 11) is 0. The Morgan fingerprint density at radius 1 is 1.02 bits per heavy atom. The lowest BCUT2D eigenvalue weighted by Gasteiger charge is -2.41. The van der Waals surface area contributed by atoms with Gasteiger partial charge in [-0.05, 0) is 56.9 Å². The van der Waals surface area contributed by atoms with Gasteiger partial charge in [0.15, 0.2) is 0 Å². The Morgan fingerprint density at radius 2 is 1.76 bits per heavy atom. The highest BCUT2D eigenvalue weighted by Gasteiger charge is 2.49. The lowest BCUT2D eigenvalue weighted by Crippen LogP contribution is -2.50. The third kappa shape index (κ3) is 5.28. The topological polar surface area (TPSA) is 117 Å². The van der Waals surface area contributed by atoms with Crippen molar-refractivity contribution in [1.29, 1.82) is 0 Å². The number of anilines is 1. The van der Waals surface area contributed by atoms with Crippen LogP contribution in [0.15, 0.2) is 67.1 Å². The molecular formula is C33H39N5O4. The molecule has 3 aromatic rings. The fourth-order valence-electron chi connectivity index (χ4n) is 7.07. The number of hydrogen-bond acceptors (Lipinski definition) is 5. The number of benzene rings is 2. The second-order valence-corrected chi connectivity index (χ2v) is 12.6. The molecule has 2 amide bonds. The first-order valence-electron chi connectivity index (χ1n) is 15.0. The number of carbonyl (C=O) groups is 3. The van der Waals surface area contributed by atoms with Gasteiger partial charge in [0.05, 0.1) is 35.4 Å². The van der Waals surface area contributed by atoms with E-state index in [1.165, 1.54) is 0 Å². The van der Waals surface area contributed by atoms with E-state index in [4.69, 9.17) is 4.98 Å². The van der Waals surface area contributed by atoms with Crippen molar-refractivity contribution in [3.8, 4) is 0 Å². The monoisotopic (exact) mass is 569 g/mol. The minimum atomic E-state index is -0.920. The van der Waals surface area contributed by atoms with Gasteiger partial charge in [0.1, 0.15) is 0 Å². The van der Waals surface area contributed by atoms with Crippen LogP contribution in [0.1, 0.15) is 79.7 Å². The highest BCUT2D eigenvalue weighted by atomic mass is 16.4. The molecule has 42 heavy (non-hydrogen) atoms. The van der Waals surface area contributed by atoms with Crippen LogP contribution in [0.2, 0.25) is 0 Å². The van der Waals surface area contributed by atoms with E-state index in [2.05, 4.69) is 21.6 Å². The Kier molecular flexibility index (Phi) is 7.51. The van der Waals surface area contributed by atoms with Gasteiger partial charge in [-0.1, -0.05) is 49.2 Å². The fraction of sp³-hybridized carbons (Fsp3) is 0.455. The van der Waals surface area contributed by atoms with E-state index in [1.54, 1.807) is 32.3 Å². The van der Waals surface area contributed by atoms with Crippen LogP contribution in [0.4, 0.5) is 5.69 Å². The highest BCUT2D eigenvalue weighted by molar-refractivity contribution is 5.95. The Morgan fingerprint density at radius 3 is 2.55 bits per heavy atom. The summed E-state index contributed by atoms with van der Waals surface area (Å²) >= 11 is 0. The number of imidazole rings is 1. The average molecular weight is 570 g/mol. The van der Waals surface area contributed by atoms with Crippen molar-refractivity contribution in [3.63, 3.8) is 0 Å². The van der Waals surface area contributed by atoms with Gasteiger partial charge in [-0.15, -0.1) is 0 Å². The van der Waals surface area contributed by atoms with E-state index in [9.17, 15) is 19.5 Å². The van der Waals surface area contributed by atoms with Gasteiger partial charge in [-0.25, -0.2) is 4.98 Å². The number of aromatic nitrogens is 2. The molecule has 9 nitrogen and oxygen atoms in total. The highest BCUT2D eigenvalue weighted by Crippen LogP contribution is 2.51. The molecule has 6 rings (SSSR count). The molecule has 1 aromatic heterocycles. The summed E-state index contributed by atoms with van der Waals surface area (Å²) < 4.78 is 1.85. The summed E-state index contributed by atoms with van der Waals surface area (Å²) in [5, 5.41) is 16.5. The van der Waals surface area contributed by atoms with Gasteiger partial charge in [0.2, 0.25) is 5.91 Å². The van der Waals surface area contributed by atoms with E-state index in [1.807, 2.05) is 47.2 Å². The quantitative estimate of drug-likeness (QED) is 0.367. The number of nitrogens with zero attached hydrogens (tertiary/aromatic N) is 3. The smallest absolute Gasteiger partial charge is 0.310 e. The molecule has 9 heteroatoms. The van der Waals surface area contributed by atoms with E-state index in [0.29, 0.717) is 18.7 Å². The molecule has 1 aliphatic carbocycles. The first-order valence-corrected chi connectivity index (χ1v) is 15.0. The summed E-state index contributed by atoms with van der Waals surface area (Å²) in [4.78, 5) is 45.8. The molecule has 3 unspecified atom stereocenters. The molecule has 3 heterocycles. The number of rotatable bonds is 7. The van der Waals surface area contributed by atoms with Crippen molar-refractivity contribution in [2.24, 2.45) is 17.3 Å². The summed E-state index contributed by atoms with van der Waals surface area (Å²) in [6.07, 6.45) is 7.99. The number of carboxylic acid groups (broad SMARTS) is 1. The molecule has 220 valence electrons. The summed E-state index contributed by atoms with van der Waals surface area (Å²) in [6, 6.07) is 16.9. The average Bonchev–Trinajstić information content (AvgIpc) is 3.65. The number of hydrogen-bond donors (Lipinski definition) is 3. The van der Waals surface area contributed by atoms with Crippen molar-refractivity contribution in [2.75, 3.05) is 11.9 Å². The number of likely N-dealkylation sites (tertiary alicyclic amines) is 1. The van der Waals surface area contributed by atoms with Gasteiger partial charge >= 0.3 is 5.97 Å². The molecule has 0 radical (unpaired) electrons. The molecule has 1 saturated heterocycles. The number of fused-ring (bicyclic) bond motifs is 3. The second-order valence-electron chi connectivity index (χ2n) is 12.6. The minimum absolute atomic E-state index is 0.104. The number of nitrogens with one attached hydrogen (secondary N) is 2. The molecule has 3 N–H and O–H groups in total. The van der Waals surface area contributed by atoms with Crippen molar-refractivity contribution in [1.82, 2.24) is 19.8 Å². The fourth-order valence-corrected chi connectivity index (χ4v) is 7.07. The maximum atomic E-state index is 14.3. The molecule has 2 aromatic carbocycles. The van der Waals surface area contributed by atoms with E-state index >= 15 is 0 Å². The van der Waals surface area contributed by atoms with Gasteiger partial charge in [0.25, 0.3) is 5.91 Å². The normalized spacial score (nSPS) is 25.2. The largest absolute Gasteiger partial charge is 0.481 e. The van der Waals surface area contributed by atoms with E-state index in [0.717, 1.165) is 49.0 Å². The van der Waals surface area contributed by atoms with Crippen LogP contribution in [0, 0.1) is 17.3 Å². The molecule has 2 aliphatic heterocycles. The van der Waals surface area contributed by atoms with Crippen LogP contribution in [0.3, 0.4) is 0 Å². The number of aliphatic carboxylic acids is 1. The van der Waals surface area contributed by atoms with Gasteiger partial charge < -0.3 is 25.2 Å². The van der Waals surface area contributed by atoms with E-state index < -0.39 is 11.4 Å². The molecule has 1 saturated carbocycles. The maximum Gasteiger partial charge on any atom is 0.310 e. The van der Waals surface area contributed by atoms with E-state index in [-0.39, 0.29) is 41.8 Å². The van der Waals surface area contributed by atoms with Crippen LogP contribution in [0.25, 0.3) is 0 Å². The van der Waals surface area contributed by atoms with Crippen LogP contribution in [-0.2, 0) is 16.1 Å². The van der Waals surface area contributed by atoms with Crippen molar-refractivity contribution in [3.05, 3.63) is 83.9 Å². The second kappa shape index (κ2) is 11.3. The molecule has 0 spiro atoms.